The largest absolute Gasteiger partial charge is 0.479 e. The molecule has 0 spiro atoms. The number of carbonyl (C=O) groups is 1. The lowest BCUT2D eigenvalue weighted by Crippen LogP contribution is -2.55. The van der Waals surface area contributed by atoms with E-state index in [9.17, 15) is 13.6 Å². The topological polar surface area (TPSA) is 84.6 Å². The van der Waals surface area contributed by atoms with Gasteiger partial charge >= 0.3 is 0 Å². The van der Waals surface area contributed by atoms with Crippen LogP contribution in [0.2, 0.25) is 0 Å². The number of piperidine rings is 1. The van der Waals surface area contributed by atoms with Crippen LogP contribution in [0.15, 0.2) is 42.7 Å². The van der Waals surface area contributed by atoms with E-state index < -0.39 is 30.2 Å². The zero-order chi connectivity index (χ0) is 24.0. The van der Waals surface area contributed by atoms with E-state index in [2.05, 4.69) is 20.4 Å². The molecule has 176 valence electrons. The second-order valence-corrected chi connectivity index (χ2v) is 8.19. The first-order chi connectivity index (χ1) is 16.3. The van der Waals surface area contributed by atoms with E-state index in [4.69, 9.17) is 4.74 Å². The Morgan fingerprint density at radius 1 is 1.29 bits per heavy atom. The molecule has 8 nitrogen and oxygen atoms in total. The Balaban J connectivity index is 1.53. The van der Waals surface area contributed by atoms with Crippen molar-refractivity contribution in [3.8, 4) is 17.0 Å². The molecule has 1 aliphatic heterocycles. The van der Waals surface area contributed by atoms with Crippen LogP contribution in [0.25, 0.3) is 27.5 Å². The Bertz CT molecular complexity index is 1410. The highest BCUT2D eigenvalue weighted by Gasteiger charge is 2.45. The Morgan fingerprint density at radius 2 is 2.12 bits per heavy atom. The van der Waals surface area contributed by atoms with Gasteiger partial charge in [0.05, 0.1) is 37.0 Å². The summed E-state index contributed by atoms with van der Waals surface area (Å²) in [5.41, 5.74) is 1.84. The highest BCUT2D eigenvalue weighted by molar-refractivity contribution is 5.91. The number of nitrogens with zero attached hydrogens (tertiary/aromatic N) is 5. The molecule has 1 aromatic carbocycles. The number of halogens is 3. The number of pyridine rings is 1. The fourth-order valence-electron chi connectivity index (χ4n) is 4.27. The van der Waals surface area contributed by atoms with Crippen LogP contribution >= 0.6 is 0 Å². The van der Waals surface area contributed by atoms with Gasteiger partial charge in [0.2, 0.25) is 17.7 Å². The van der Waals surface area contributed by atoms with Crippen molar-refractivity contribution in [2.45, 2.75) is 25.3 Å². The van der Waals surface area contributed by atoms with E-state index in [0.717, 1.165) is 22.0 Å². The van der Waals surface area contributed by atoms with Crippen molar-refractivity contribution < 1.29 is 22.7 Å². The highest BCUT2D eigenvalue weighted by atomic mass is 19.3. The number of alkyl halides is 2. The van der Waals surface area contributed by atoms with E-state index >= 15 is 4.39 Å². The van der Waals surface area contributed by atoms with Crippen LogP contribution < -0.4 is 10.1 Å². The van der Waals surface area contributed by atoms with Crippen LogP contribution in [0.5, 0.6) is 5.88 Å². The van der Waals surface area contributed by atoms with Crippen LogP contribution in [-0.2, 0) is 4.79 Å². The molecule has 11 heteroatoms. The predicted octanol–water partition coefficient (Wildman–Crippen LogP) is 3.76. The summed E-state index contributed by atoms with van der Waals surface area (Å²) in [6.45, 7) is 0.746. The number of rotatable bonds is 4. The molecular formula is C23H21F3N6O2. The van der Waals surface area contributed by atoms with Gasteiger partial charge in [-0.3, -0.25) is 9.78 Å². The maximum atomic E-state index is 15.1. The van der Waals surface area contributed by atoms with Gasteiger partial charge in [-0.25, -0.2) is 17.7 Å². The van der Waals surface area contributed by atoms with Crippen LogP contribution in [0, 0.1) is 5.82 Å². The van der Waals surface area contributed by atoms with E-state index in [-0.39, 0.29) is 35.9 Å². The van der Waals surface area contributed by atoms with Gasteiger partial charge in [-0.2, -0.15) is 4.98 Å². The lowest BCUT2D eigenvalue weighted by atomic mass is 10.0. The number of hydrogen-bond donors (Lipinski definition) is 1. The van der Waals surface area contributed by atoms with E-state index in [1.54, 1.807) is 30.5 Å². The number of nitrogens with one attached hydrogen (secondary N) is 1. The molecule has 5 rings (SSSR count). The number of methoxy groups -OCH3 is 1. The number of aromatic nitrogens is 4. The summed E-state index contributed by atoms with van der Waals surface area (Å²) in [6.07, 6.45) is 2.84. The third kappa shape index (κ3) is 3.76. The van der Waals surface area contributed by atoms with Crippen LogP contribution in [0.3, 0.4) is 0 Å². The number of ether oxygens (including phenoxy) is 1. The normalized spacial score (nSPS) is 17.8. The smallest absolute Gasteiger partial charge is 0.285 e. The van der Waals surface area contributed by atoms with Gasteiger partial charge in [0.15, 0.2) is 5.82 Å². The summed E-state index contributed by atoms with van der Waals surface area (Å²) in [5.74, 6) is -4.26. The number of likely N-dealkylation sites (tertiary alicyclic amines) is 1. The average molecular weight is 470 g/mol. The van der Waals surface area contributed by atoms with Crippen LogP contribution in [0.1, 0.15) is 13.3 Å². The molecule has 0 bridgehead atoms. The fraction of sp³-hybridized carbons (Fsp3) is 0.304. The maximum Gasteiger partial charge on any atom is 0.285 e. The SMILES string of the molecule is COc1nc(NC2CCN(C(C)=O)CC2(F)F)nn2cc(F)c(-c3ccc4ncccc4c3)c12. The Labute approximate surface area is 192 Å². The first-order valence-electron chi connectivity index (χ1n) is 10.6. The van der Waals surface area contributed by atoms with E-state index in [1.807, 2.05) is 6.07 Å². The van der Waals surface area contributed by atoms with Gasteiger partial charge < -0.3 is 15.0 Å². The number of benzene rings is 1. The lowest BCUT2D eigenvalue weighted by Gasteiger charge is -2.38. The minimum atomic E-state index is -3.19. The number of anilines is 1. The first-order valence-corrected chi connectivity index (χ1v) is 10.6. The molecule has 0 saturated carbocycles. The van der Waals surface area contributed by atoms with Crippen molar-refractivity contribution in [1.82, 2.24) is 24.5 Å². The molecule has 0 aliphatic carbocycles. The first kappa shape index (κ1) is 21.9. The highest BCUT2D eigenvalue weighted by Crippen LogP contribution is 2.36. The molecule has 1 unspecified atom stereocenters. The van der Waals surface area contributed by atoms with Crippen LogP contribution in [0.4, 0.5) is 19.1 Å². The molecule has 1 fully saturated rings. The minimum absolute atomic E-state index is 0.00665. The van der Waals surface area contributed by atoms with Gasteiger partial charge in [0, 0.05) is 25.1 Å². The van der Waals surface area contributed by atoms with Crippen molar-refractivity contribution in [3.05, 3.63) is 48.5 Å². The Hall–Kier alpha value is -3.89. The average Bonchev–Trinajstić information content (AvgIpc) is 3.14. The predicted molar refractivity (Wildman–Crippen MR) is 119 cm³/mol. The monoisotopic (exact) mass is 470 g/mol. The molecule has 1 amide bonds. The molecule has 34 heavy (non-hydrogen) atoms. The summed E-state index contributed by atoms with van der Waals surface area (Å²) in [5, 5.41) is 7.69. The van der Waals surface area contributed by atoms with Crippen molar-refractivity contribution >= 4 is 28.3 Å². The summed E-state index contributed by atoms with van der Waals surface area (Å²) < 4.78 is 51.0. The Morgan fingerprint density at radius 3 is 2.85 bits per heavy atom. The molecule has 1 saturated heterocycles. The standard InChI is InChI=1S/C23H21F3N6O2/c1-13(33)31-9-7-18(23(25,26)12-31)28-22-29-21(34-2)20-19(16(24)11-32(20)30-22)15-5-6-17-14(10-15)4-3-8-27-17/h3-6,8,10-11,18H,7,9,12H2,1-2H3,(H,28,30). The molecular weight excluding hydrogens is 449 g/mol. The van der Waals surface area contributed by atoms with Crippen molar-refractivity contribution in [2.75, 3.05) is 25.5 Å². The summed E-state index contributed by atoms with van der Waals surface area (Å²) in [4.78, 5) is 21.1. The molecule has 1 N–H and O–H groups in total. The van der Waals surface area contributed by atoms with E-state index in [0.29, 0.717) is 5.56 Å². The van der Waals surface area contributed by atoms with Gasteiger partial charge in [-0.15, -0.1) is 5.10 Å². The zero-order valence-corrected chi connectivity index (χ0v) is 18.4. The molecule has 4 aromatic rings. The third-order valence-corrected chi connectivity index (χ3v) is 5.99. The number of fused-ring (bicyclic) bond motifs is 2. The minimum Gasteiger partial charge on any atom is -0.479 e. The zero-order valence-electron chi connectivity index (χ0n) is 18.4. The molecule has 4 heterocycles. The summed E-state index contributed by atoms with van der Waals surface area (Å²) >= 11 is 0. The number of carbonyl (C=O) groups excluding carboxylic acids is 1. The van der Waals surface area contributed by atoms with Gasteiger partial charge in [0.25, 0.3) is 5.92 Å². The quantitative estimate of drug-likeness (QED) is 0.489. The second-order valence-electron chi connectivity index (χ2n) is 8.19. The lowest BCUT2D eigenvalue weighted by molar-refractivity contribution is -0.140. The number of amides is 1. The van der Waals surface area contributed by atoms with E-state index in [1.165, 1.54) is 18.5 Å². The van der Waals surface area contributed by atoms with Crippen LogP contribution in [-0.4, -0.2) is 62.6 Å². The molecule has 0 radical (unpaired) electrons. The van der Waals surface area contributed by atoms with Gasteiger partial charge in [-0.05, 0) is 30.2 Å². The van der Waals surface area contributed by atoms with Crippen molar-refractivity contribution in [2.24, 2.45) is 0 Å². The molecule has 1 aliphatic rings. The van der Waals surface area contributed by atoms with Gasteiger partial charge in [-0.1, -0.05) is 12.1 Å². The molecule has 1 atom stereocenters. The Kier molecular flexibility index (Phi) is 5.26. The summed E-state index contributed by atoms with van der Waals surface area (Å²) in [7, 11) is 1.37. The fourth-order valence-corrected chi connectivity index (χ4v) is 4.27. The summed E-state index contributed by atoms with van der Waals surface area (Å²) in [6, 6.07) is 7.69. The second kappa shape index (κ2) is 8.15. The van der Waals surface area contributed by atoms with Crippen molar-refractivity contribution in [1.29, 1.82) is 0 Å². The van der Waals surface area contributed by atoms with Crippen molar-refractivity contribution in [3.63, 3.8) is 0 Å². The van der Waals surface area contributed by atoms with Gasteiger partial charge in [0.1, 0.15) is 5.52 Å². The number of hydrogen-bond acceptors (Lipinski definition) is 6. The molecule has 3 aromatic heterocycles. The third-order valence-electron chi connectivity index (χ3n) is 5.99. The maximum absolute atomic E-state index is 15.1.